The molecule has 7 nitrogen and oxygen atoms in total. The number of fused-ring (bicyclic) bond motifs is 4. The molecule has 9 heteroatoms. The van der Waals surface area contributed by atoms with E-state index in [-0.39, 0.29) is 17.5 Å². The number of ether oxygens (including phenoxy) is 2. The van der Waals surface area contributed by atoms with Crippen LogP contribution in [0, 0.1) is 6.92 Å². The number of guanidine groups is 1. The minimum atomic E-state index is -2.96. The minimum Gasteiger partial charge on any atom is -0.493 e. The van der Waals surface area contributed by atoms with Crippen molar-refractivity contribution < 1.29 is 18.3 Å². The number of hydrogen-bond donors (Lipinski definition) is 0. The van der Waals surface area contributed by atoms with Crippen LogP contribution in [0.3, 0.4) is 0 Å². The molecule has 0 bridgehead atoms. The van der Waals surface area contributed by atoms with Gasteiger partial charge in [-0.2, -0.15) is 18.9 Å². The van der Waals surface area contributed by atoms with Gasteiger partial charge in [-0.3, -0.25) is 4.90 Å². The van der Waals surface area contributed by atoms with Crippen LogP contribution < -0.4 is 19.3 Å². The van der Waals surface area contributed by atoms with Gasteiger partial charge in [0.15, 0.2) is 17.3 Å². The van der Waals surface area contributed by atoms with Crippen molar-refractivity contribution in [1.82, 2.24) is 9.78 Å². The molecule has 0 N–H and O–H groups in total. The van der Waals surface area contributed by atoms with E-state index in [1.165, 1.54) is 13.2 Å². The van der Waals surface area contributed by atoms with Gasteiger partial charge in [0.2, 0.25) is 5.96 Å². The third kappa shape index (κ3) is 4.25. The number of aromatic nitrogens is 2. The van der Waals surface area contributed by atoms with Gasteiger partial charge in [0.05, 0.1) is 42.5 Å². The molecule has 0 saturated carbocycles. The van der Waals surface area contributed by atoms with Crippen molar-refractivity contribution in [3.05, 3.63) is 126 Å². The van der Waals surface area contributed by atoms with Crippen LogP contribution in [0.2, 0.25) is 0 Å². The molecule has 0 radical (unpaired) electrons. The van der Waals surface area contributed by atoms with Crippen molar-refractivity contribution in [3.63, 3.8) is 0 Å². The van der Waals surface area contributed by atoms with Crippen molar-refractivity contribution in [2.45, 2.75) is 26.1 Å². The summed E-state index contributed by atoms with van der Waals surface area (Å²) in [6, 6.07) is 33.1. The number of aryl methyl sites for hydroxylation is 1. The number of methoxy groups -OCH3 is 1. The fourth-order valence-electron chi connectivity index (χ4n) is 5.82. The molecule has 1 atom stereocenters. The lowest BCUT2D eigenvalue weighted by Gasteiger charge is -2.35. The number of para-hydroxylation sites is 3. The molecule has 7 rings (SSSR count). The van der Waals surface area contributed by atoms with Crippen LogP contribution in [-0.2, 0) is 6.54 Å². The van der Waals surface area contributed by atoms with Crippen LogP contribution in [0.15, 0.2) is 108 Å². The van der Waals surface area contributed by atoms with Gasteiger partial charge in [-0.15, -0.1) is 0 Å². The predicted molar refractivity (Wildman–Crippen MR) is 158 cm³/mol. The first kappa shape index (κ1) is 25.8. The van der Waals surface area contributed by atoms with E-state index in [2.05, 4.69) is 34.1 Å². The second kappa shape index (κ2) is 10.3. The highest BCUT2D eigenvalue weighted by Crippen LogP contribution is 2.51. The standard InChI is InChI=1S/C33H27F2N5O2/c1-21-29-30(23-17-18-27(42-32(34)35)28(19-23)41-2)39-26-16-10-9-15-25(26)38(20-22-11-5-3-6-12-22)33(39)36-31(29)40(37-21)24-13-7-4-8-14-24/h3-19,30,32H,20H2,1-2H3. The fourth-order valence-corrected chi connectivity index (χ4v) is 5.82. The quantitative estimate of drug-likeness (QED) is 0.206. The highest BCUT2D eigenvalue weighted by Gasteiger charge is 2.44. The van der Waals surface area contributed by atoms with Crippen LogP contribution in [0.25, 0.3) is 5.69 Å². The van der Waals surface area contributed by atoms with E-state index in [1.807, 2.05) is 72.3 Å². The Morgan fingerprint density at radius 1 is 0.833 bits per heavy atom. The summed E-state index contributed by atoms with van der Waals surface area (Å²) >= 11 is 0. The maximum absolute atomic E-state index is 13.2. The molecule has 2 aliphatic heterocycles. The number of anilines is 2. The highest BCUT2D eigenvalue weighted by molar-refractivity contribution is 6.18. The largest absolute Gasteiger partial charge is 0.493 e. The number of halogens is 2. The van der Waals surface area contributed by atoms with Crippen LogP contribution in [0.5, 0.6) is 11.5 Å². The molecule has 3 heterocycles. The Bertz CT molecular complexity index is 1790. The molecule has 0 amide bonds. The van der Waals surface area contributed by atoms with Crippen LogP contribution >= 0.6 is 0 Å². The van der Waals surface area contributed by atoms with E-state index in [1.54, 1.807) is 12.1 Å². The number of hydrogen-bond acceptors (Lipinski definition) is 6. The van der Waals surface area contributed by atoms with Gasteiger partial charge in [-0.05, 0) is 54.4 Å². The van der Waals surface area contributed by atoms with Crippen LogP contribution in [0.4, 0.5) is 26.0 Å². The normalized spacial score (nSPS) is 15.3. The number of benzene rings is 4. The van der Waals surface area contributed by atoms with Gasteiger partial charge in [-0.1, -0.05) is 66.7 Å². The molecule has 0 fully saturated rings. The Kier molecular flexibility index (Phi) is 6.34. The fraction of sp³-hybridized carbons (Fsp3) is 0.152. The molecule has 0 aliphatic carbocycles. The van der Waals surface area contributed by atoms with Crippen molar-refractivity contribution in [3.8, 4) is 17.2 Å². The Balaban J connectivity index is 1.46. The van der Waals surface area contributed by atoms with Gasteiger partial charge in [-0.25, -0.2) is 4.68 Å². The zero-order chi connectivity index (χ0) is 28.8. The topological polar surface area (TPSA) is 55.1 Å². The van der Waals surface area contributed by atoms with Gasteiger partial charge in [0.1, 0.15) is 0 Å². The summed E-state index contributed by atoms with van der Waals surface area (Å²) in [5.41, 5.74) is 6.60. The predicted octanol–water partition coefficient (Wildman–Crippen LogP) is 7.41. The van der Waals surface area contributed by atoms with Crippen molar-refractivity contribution in [2.24, 2.45) is 4.99 Å². The third-order valence-electron chi connectivity index (χ3n) is 7.61. The maximum Gasteiger partial charge on any atom is 0.387 e. The number of alkyl halides is 2. The first-order chi connectivity index (χ1) is 20.5. The summed E-state index contributed by atoms with van der Waals surface area (Å²) in [7, 11) is 1.45. The lowest BCUT2D eigenvalue weighted by molar-refractivity contribution is -0.0512. The molecular formula is C33H27F2N5O2. The second-order valence-electron chi connectivity index (χ2n) is 10.1. The van der Waals surface area contributed by atoms with Gasteiger partial charge >= 0.3 is 6.61 Å². The molecule has 42 heavy (non-hydrogen) atoms. The first-order valence-corrected chi connectivity index (χ1v) is 13.6. The lowest BCUT2D eigenvalue weighted by atomic mass is 9.95. The molecular weight excluding hydrogens is 536 g/mol. The Morgan fingerprint density at radius 2 is 1.52 bits per heavy atom. The maximum atomic E-state index is 13.2. The van der Waals surface area contributed by atoms with E-state index in [9.17, 15) is 8.78 Å². The zero-order valence-corrected chi connectivity index (χ0v) is 23.0. The highest BCUT2D eigenvalue weighted by atomic mass is 19.3. The van der Waals surface area contributed by atoms with Crippen molar-refractivity contribution >= 4 is 23.2 Å². The smallest absolute Gasteiger partial charge is 0.387 e. The van der Waals surface area contributed by atoms with E-state index in [4.69, 9.17) is 19.6 Å². The SMILES string of the molecule is COc1cc(C2c3c(C)nn(-c4ccccc4)c3N=C3N(Cc4ccccc4)c4ccccc4N32)ccc1OC(F)F. The lowest BCUT2D eigenvalue weighted by Crippen LogP contribution is -2.42. The molecule has 0 saturated heterocycles. The first-order valence-electron chi connectivity index (χ1n) is 13.6. The summed E-state index contributed by atoms with van der Waals surface area (Å²) in [5, 5.41) is 4.94. The van der Waals surface area contributed by atoms with Gasteiger partial charge < -0.3 is 14.4 Å². The number of rotatable bonds is 7. The van der Waals surface area contributed by atoms with Crippen molar-refractivity contribution in [1.29, 1.82) is 0 Å². The Morgan fingerprint density at radius 3 is 2.24 bits per heavy atom. The molecule has 5 aromatic rings. The molecule has 2 aliphatic rings. The average molecular weight is 564 g/mol. The summed E-state index contributed by atoms with van der Waals surface area (Å²) in [4.78, 5) is 9.70. The zero-order valence-electron chi connectivity index (χ0n) is 23.0. The third-order valence-corrected chi connectivity index (χ3v) is 7.61. The molecule has 0 spiro atoms. The van der Waals surface area contributed by atoms with Crippen LogP contribution in [-0.4, -0.2) is 29.5 Å². The molecule has 1 aromatic heterocycles. The van der Waals surface area contributed by atoms with E-state index in [0.717, 1.165) is 45.4 Å². The summed E-state index contributed by atoms with van der Waals surface area (Å²) in [6.07, 6.45) is 0. The van der Waals surface area contributed by atoms with E-state index in [0.29, 0.717) is 12.4 Å². The summed E-state index contributed by atoms with van der Waals surface area (Å²) < 4.78 is 38.4. The van der Waals surface area contributed by atoms with E-state index < -0.39 is 6.61 Å². The monoisotopic (exact) mass is 563 g/mol. The van der Waals surface area contributed by atoms with Crippen LogP contribution in [0.1, 0.15) is 28.4 Å². The summed E-state index contributed by atoms with van der Waals surface area (Å²) in [5.74, 6) is 1.67. The minimum absolute atomic E-state index is 0.0228. The number of nitrogens with zero attached hydrogens (tertiary/aromatic N) is 5. The van der Waals surface area contributed by atoms with Gasteiger partial charge in [0, 0.05) is 5.56 Å². The average Bonchev–Trinajstić information content (AvgIpc) is 3.51. The molecule has 4 aromatic carbocycles. The number of aliphatic imine (C=N–C) groups is 1. The van der Waals surface area contributed by atoms with Crippen molar-refractivity contribution in [2.75, 3.05) is 16.9 Å². The summed E-state index contributed by atoms with van der Waals surface area (Å²) in [6.45, 7) is -0.382. The van der Waals surface area contributed by atoms with Gasteiger partial charge in [0.25, 0.3) is 0 Å². The van der Waals surface area contributed by atoms with E-state index >= 15 is 0 Å². The molecule has 1 unspecified atom stereocenters. The Hall–Kier alpha value is -5.18. The molecule has 210 valence electrons. The second-order valence-corrected chi connectivity index (χ2v) is 10.1. The Labute approximate surface area is 241 Å².